The average Bonchev–Trinajstić information content (AvgIpc) is 2.96. The fourth-order valence-electron chi connectivity index (χ4n) is 5.49. The summed E-state index contributed by atoms with van der Waals surface area (Å²) in [6.07, 6.45) is 3.38. The Morgan fingerprint density at radius 1 is 0.967 bits per heavy atom. The van der Waals surface area contributed by atoms with Crippen molar-refractivity contribution in [2.75, 3.05) is 18.0 Å². The van der Waals surface area contributed by atoms with E-state index in [2.05, 4.69) is 36.1 Å². The fourth-order valence-corrected chi connectivity index (χ4v) is 5.61. The summed E-state index contributed by atoms with van der Waals surface area (Å²) in [6, 6.07) is 12.2. The van der Waals surface area contributed by atoms with Gasteiger partial charge in [0.05, 0.1) is 0 Å². The van der Waals surface area contributed by atoms with Crippen LogP contribution in [-0.2, 0) is 9.59 Å². The molecule has 2 aromatic carbocycles. The quantitative estimate of drug-likeness (QED) is 0.582. The summed E-state index contributed by atoms with van der Waals surface area (Å²) in [7, 11) is 0. The predicted molar refractivity (Wildman–Crippen MR) is 123 cm³/mol. The lowest BCUT2D eigenvalue weighted by molar-refractivity contribution is -0.125. The van der Waals surface area contributed by atoms with Crippen LogP contribution in [0.2, 0.25) is 5.02 Å². The normalized spacial score (nSPS) is 22.7. The van der Waals surface area contributed by atoms with E-state index in [9.17, 15) is 9.59 Å². The average molecular weight is 424 g/mol. The molecule has 0 radical (unpaired) electrons. The molecule has 0 bridgehead atoms. The van der Waals surface area contributed by atoms with Crippen LogP contribution < -0.4 is 4.90 Å². The Labute approximate surface area is 184 Å². The SMILES string of the molecule is Cc1cc(C)c(C2C(=O)CC(CC3CCN(c4ccc(Cl)cc4)CC3)C2=O)c(C)c1. The van der Waals surface area contributed by atoms with Crippen LogP contribution in [-0.4, -0.2) is 24.7 Å². The van der Waals surface area contributed by atoms with Gasteiger partial charge in [-0.25, -0.2) is 0 Å². The van der Waals surface area contributed by atoms with Crippen molar-refractivity contribution in [1.82, 2.24) is 0 Å². The van der Waals surface area contributed by atoms with E-state index in [0.29, 0.717) is 12.3 Å². The highest BCUT2D eigenvalue weighted by Gasteiger charge is 2.43. The highest BCUT2D eigenvalue weighted by molar-refractivity contribution is 6.30. The molecule has 1 aliphatic carbocycles. The number of aryl methyl sites for hydroxylation is 3. The number of anilines is 1. The minimum atomic E-state index is -0.551. The number of rotatable bonds is 4. The third-order valence-corrected chi connectivity index (χ3v) is 7.16. The number of carbonyl (C=O) groups excluding carboxylic acids is 2. The van der Waals surface area contributed by atoms with Crippen molar-refractivity contribution in [3.63, 3.8) is 0 Å². The second kappa shape index (κ2) is 8.55. The summed E-state index contributed by atoms with van der Waals surface area (Å²) >= 11 is 6.00. The molecule has 2 unspecified atom stereocenters. The van der Waals surface area contributed by atoms with E-state index >= 15 is 0 Å². The van der Waals surface area contributed by atoms with Crippen molar-refractivity contribution < 1.29 is 9.59 Å². The topological polar surface area (TPSA) is 37.4 Å². The Balaban J connectivity index is 1.40. The summed E-state index contributed by atoms with van der Waals surface area (Å²) < 4.78 is 0. The Hall–Kier alpha value is -2.13. The lowest BCUT2D eigenvalue weighted by Gasteiger charge is -2.34. The molecule has 3 nitrogen and oxygen atoms in total. The van der Waals surface area contributed by atoms with E-state index in [-0.39, 0.29) is 17.5 Å². The van der Waals surface area contributed by atoms with E-state index in [1.165, 1.54) is 11.3 Å². The number of nitrogens with zero attached hydrogens (tertiary/aromatic N) is 1. The van der Waals surface area contributed by atoms with Gasteiger partial charge in [-0.05, 0) is 86.9 Å². The molecule has 2 aromatic rings. The first-order valence-corrected chi connectivity index (χ1v) is 11.4. The number of ketones is 2. The zero-order valence-corrected chi connectivity index (χ0v) is 18.8. The third kappa shape index (κ3) is 4.18. The highest BCUT2D eigenvalue weighted by Crippen LogP contribution is 2.40. The van der Waals surface area contributed by atoms with Gasteiger partial charge in [0.15, 0.2) is 5.78 Å². The van der Waals surface area contributed by atoms with Crippen molar-refractivity contribution in [3.05, 3.63) is 63.7 Å². The van der Waals surface area contributed by atoms with Gasteiger partial charge < -0.3 is 4.90 Å². The van der Waals surface area contributed by atoms with Crippen LogP contribution >= 0.6 is 11.6 Å². The summed E-state index contributed by atoms with van der Waals surface area (Å²) in [5.41, 5.74) is 5.47. The minimum Gasteiger partial charge on any atom is -0.372 e. The van der Waals surface area contributed by atoms with Crippen molar-refractivity contribution in [2.24, 2.45) is 11.8 Å². The number of halogens is 1. The maximum absolute atomic E-state index is 13.3. The number of hydrogen-bond acceptors (Lipinski definition) is 3. The van der Waals surface area contributed by atoms with Crippen LogP contribution in [0.3, 0.4) is 0 Å². The number of carbonyl (C=O) groups is 2. The lowest BCUT2D eigenvalue weighted by atomic mass is 9.83. The van der Waals surface area contributed by atoms with Gasteiger partial charge in [0.25, 0.3) is 0 Å². The second-order valence-electron chi connectivity index (χ2n) is 9.16. The van der Waals surface area contributed by atoms with Crippen molar-refractivity contribution in [1.29, 1.82) is 0 Å². The Morgan fingerprint density at radius 2 is 1.57 bits per heavy atom. The van der Waals surface area contributed by atoms with Crippen LogP contribution in [0.1, 0.15) is 53.9 Å². The van der Waals surface area contributed by atoms with Gasteiger partial charge in [-0.1, -0.05) is 29.3 Å². The number of piperidine rings is 1. The molecule has 4 heteroatoms. The molecular formula is C26H30ClNO2. The van der Waals surface area contributed by atoms with Crippen molar-refractivity contribution in [2.45, 2.75) is 52.4 Å². The molecule has 158 valence electrons. The zero-order valence-electron chi connectivity index (χ0n) is 18.1. The van der Waals surface area contributed by atoms with Gasteiger partial charge in [0, 0.05) is 36.1 Å². The van der Waals surface area contributed by atoms with Crippen molar-refractivity contribution >= 4 is 28.9 Å². The van der Waals surface area contributed by atoms with Crippen molar-refractivity contribution in [3.8, 4) is 0 Å². The van der Waals surface area contributed by atoms with Gasteiger partial charge in [0.2, 0.25) is 0 Å². The number of hydrogen-bond donors (Lipinski definition) is 0. The van der Waals surface area contributed by atoms with E-state index in [4.69, 9.17) is 11.6 Å². The maximum Gasteiger partial charge on any atom is 0.151 e. The molecule has 0 amide bonds. The summed E-state index contributed by atoms with van der Waals surface area (Å²) in [4.78, 5) is 28.5. The van der Waals surface area contributed by atoms with Crippen LogP contribution in [0.25, 0.3) is 0 Å². The summed E-state index contributed by atoms with van der Waals surface area (Å²) in [5, 5.41) is 0.756. The third-order valence-electron chi connectivity index (χ3n) is 6.91. The summed E-state index contributed by atoms with van der Waals surface area (Å²) in [5.74, 6) is 0.0996. The first kappa shape index (κ1) is 21.1. The molecule has 2 atom stereocenters. The van der Waals surface area contributed by atoms with Gasteiger partial charge in [-0.15, -0.1) is 0 Å². The monoisotopic (exact) mass is 423 g/mol. The largest absolute Gasteiger partial charge is 0.372 e. The smallest absolute Gasteiger partial charge is 0.151 e. The first-order chi connectivity index (χ1) is 14.3. The zero-order chi connectivity index (χ0) is 21.4. The first-order valence-electron chi connectivity index (χ1n) is 11.0. The van der Waals surface area contributed by atoms with Crippen LogP contribution in [0.5, 0.6) is 0 Å². The van der Waals surface area contributed by atoms with E-state index in [0.717, 1.165) is 54.1 Å². The molecule has 2 aliphatic rings. The highest BCUT2D eigenvalue weighted by atomic mass is 35.5. The van der Waals surface area contributed by atoms with Gasteiger partial charge in [0.1, 0.15) is 11.7 Å². The van der Waals surface area contributed by atoms with E-state index < -0.39 is 5.92 Å². The van der Waals surface area contributed by atoms with E-state index in [1.807, 2.05) is 26.0 Å². The van der Waals surface area contributed by atoms with Crippen LogP contribution in [0, 0.1) is 32.6 Å². The minimum absolute atomic E-state index is 0.110. The Kier molecular flexibility index (Phi) is 6.02. The molecule has 1 saturated heterocycles. The standard InChI is InChI=1S/C26H30ClNO2/c1-16-12-17(2)24(18(3)13-16)25-23(29)15-20(26(25)30)14-19-8-10-28(11-9-19)22-6-4-21(27)5-7-22/h4-7,12-13,19-20,25H,8-11,14-15H2,1-3H3. The van der Waals surface area contributed by atoms with Crippen LogP contribution in [0.15, 0.2) is 36.4 Å². The van der Waals surface area contributed by atoms with Gasteiger partial charge in [-0.2, -0.15) is 0 Å². The Morgan fingerprint density at radius 3 is 2.17 bits per heavy atom. The summed E-state index contributed by atoms with van der Waals surface area (Å²) in [6.45, 7) is 8.08. The molecule has 30 heavy (non-hydrogen) atoms. The number of Topliss-reactive ketones (excluding diaryl/α,β-unsaturated/α-hetero) is 2. The molecule has 1 heterocycles. The maximum atomic E-state index is 13.3. The Bertz CT molecular complexity index is 934. The molecule has 2 fully saturated rings. The van der Waals surface area contributed by atoms with E-state index in [1.54, 1.807) is 0 Å². The molecule has 4 rings (SSSR count). The molecular weight excluding hydrogens is 394 g/mol. The molecule has 0 aromatic heterocycles. The molecule has 1 aliphatic heterocycles. The predicted octanol–water partition coefficient (Wildman–Crippen LogP) is 5.81. The second-order valence-corrected chi connectivity index (χ2v) is 9.59. The van der Waals surface area contributed by atoms with Crippen LogP contribution in [0.4, 0.5) is 5.69 Å². The molecule has 0 spiro atoms. The lowest BCUT2D eigenvalue weighted by Crippen LogP contribution is -2.34. The molecule has 0 N–H and O–H groups in total. The fraction of sp³-hybridized carbons (Fsp3) is 0.462. The van der Waals surface area contributed by atoms with Gasteiger partial charge >= 0.3 is 0 Å². The molecule has 1 saturated carbocycles. The number of benzene rings is 2. The van der Waals surface area contributed by atoms with Gasteiger partial charge in [-0.3, -0.25) is 9.59 Å².